The molecule has 0 heterocycles. The van der Waals surface area contributed by atoms with Gasteiger partial charge in [0.2, 0.25) is 0 Å². The average Bonchev–Trinajstić information content (AvgIpc) is 2.66. The van der Waals surface area contributed by atoms with Gasteiger partial charge in [-0.1, -0.05) is 58.8 Å². The van der Waals surface area contributed by atoms with Gasteiger partial charge in [0.15, 0.2) is 0 Å². The third-order valence-corrected chi connectivity index (χ3v) is 4.68. The van der Waals surface area contributed by atoms with Gasteiger partial charge in [0.25, 0.3) is 0 Å². The van der Waals surface area contributed by atoms with Crippen LogP contribution in [-0.4, -0.2) is 36.2 Å². The molecule has 0 aromatic heterocycles. The number of ether oxygens (including phenoxy) is 2. The van der Waals surface area contributed by atoms with Crippen molar-refractivity contribution in [3.8, 4) is 0 Å². The highest BCUT2D eigenvalue weighted by molar-refractivity contribution is 5.69. The Bertz CT molecular complexity index is 421. The fourth-order valence-corrected chi connectivity index (χ4v) is 2.89. The number of carbonyl (C=O) groups is 3. The van der Waals surface area contributed by atoms with Crippen LogP contribution >= 0.6 is 0 Å². The van der Waals surface area contributed by atoms with Gasteiger partial charge >= 0.3 is 17.9 Å². The Morgan fingerprint density at radius 2 is 1.14 bits per heavy atom. The predicted octanol–water partition coefficient (Wildman–Crippen LogP) is 5.27. The highest BCUT2D eigenvalue weighted by atomic mass is 16.5. The second kappa shape index (κ2) is 18.8. The summed E-state index contributed by atoms with van der Waals surface area (Å²) >= 11 is 0. The molecule has 1 atom stereocenters. The van der Waals surface area contributed by atoms with Crippen molar-refractivity contribution in [1.29, 1.82) is 0 Å². The van der Waals surface area contributed by atoms with Gasteiger partial charge in [0.1, 0.15) is 0 Å². The summed E-state index contributed by atoms with van der Waals surface area (Å²) in [6.07, 6.45) is 11.3. The molecule has 6 nitrogen and oxygen atoms in total. The lowest BCUT2D eigenvalue weighted by atomic mass is 10.0. The smallest absolute Gasteiger partial charge is 0.305 e. The summed E-state index contributed by atoms with van der Waals surface area (Å²) in [6.45, 7) is 4.62. The van der Waals surface area contributed by atoms with E-state index < -0.39 is 5.97 Å². The van der Waals surface area contributed by atoms with Crippen molar-refractivity contribution in [2.24, 2.45) is 5.92 Å². The first-order chi connectivity index (χ1) is 13.5. The highest BCUT2D eigenvalue weighted by Crippen LogP contribution is 2.13. The summed E-state index contributed by atoms with van der Waals surface area (Å²) in [5.74, 6) is -1.47. The maximum atomic E-state index is 11.9. The van der Waals surface area contributed by atoms with Crippen LogP contribution < -0.4 is 0 Å². The number of aliphatic carboxylic acids is 1. The molecule has 0 aromatic carbocycles. The lowest BCUT2D eigenvalue weighted by Gasteiger charge is -2.17. The number of hydrogen-bond acceptors (Lipinski definition) is 5. The minimum absolute atomic E-state index is 0.0623. The zero-order chi connectivity index (χ0) is 21.0. The second-order valence-electron chi connectivity index (χ2n) is 7.49. The molecule has 0 saturated heterocycles. The predicted molar refractivity (Wildman–Crippen MR) is 109 cm³/mol. The van der Waals surface area contributed by atoms with Gasteiger partial charge in [0, 0.05) is 25.2 Å². The normalized spacial score (nSPS) is 11.8. The minimum atomic E-state index is -0.851. The molecule has 0 bridgehead atoms. The Morgan fingerprint density at radius 3 is 1.61 bits per heavy atom. The maximum Gasteiger partial charge on any atom is 0.305 e. The molecule has 28 heavy (non-hydrogen) atoms. The molecule has 0 aliphatic heterocycles. The Labute approximate surface area is 170 Å². The van der Waals surface area contributed by atoms with Crippen LogP contribution in [0.15, 0.2) is 0 Å². The number of carbonyl (C=O) groups excluding carboxylic acids is 2. The van der Waals surface area contributed by atoms with Crippen LogP contribution in [0.1, 0.15) is 104 Å². The summed E-state index contributed by atoms with van der Waals surface area (Å²) in [5, 5.41) is 8.79. The molecule has 0 aromatic rings. The second-order valence-corrected chi connectivity index (χ2v) is 7.49. The first-order valence-electron chi connectivity index (χ1n) is 11.0. The zero-order valence-corrected chi connectivity index (χ0v) is 17.9. The van der Waals surface area contributed by atoms with Crippen LogP contribution in [0.2, 0.25) is 0 Å². The number of unbranched alkanes of at least 4 members (excludes halogenated alkanes) is 7. The molecule has 1 N–H and O–H groups in total. The van der Waals surface area contributed by atoms with E-state index in [1.54, 1.807) is 0 Å². The molecule has 0 fully saturated rings. The van der Waals surface area contributed by atoms with Crippen molar-refractivity contribution in [3.05, 3.63) is 0 Å². The van der Waals surface area contributed by atoms with Gasteiger partial charge in [-0.15, -0.1) is 0 Å². The van der Waals surface area contributed by atoms with Crippen LogP contribution in [0.25, 0.3) is 0 Å². The topological polar surface area (TPSA) is 89.9 Å². The van der Waals surface area contributed by atoms with E-state index in [0.29, 0.717) is 25.7 Å². The standard InChI is InChI=1S/C22H40O6/c1-3-5-7-9-11-16-22(26)28-18-19(13-12-14-20(23)24)17-27-21(25)15-10-8-6-4-2/h19H,3-18H2,1-2H3,(H,23,24). The zero-order valence-electron chi connectivity index (χ0n) is 17.9. The van der Waals surface area contributed by atoms with Gasteiger partial charge < -0.3 is 14.6 Å². The fraction of sp³-hybridized carbons (Fsp3) is 0.864. The van der Waals surface area contributed by atoms with Crippen molar-refractivity contribution in [2.45, 2.75) is 104 Å². The number of carboxylic acids is 1. The number of hydrogen-bond donors (Lipinski definition) is 1. The summed E-state index contributed by atoms with van der Waals surface area (Å²) < 4.78 is 10.7. The van der Waals surface area contributed by atoms with Crippen molar-refractivity contribution in [2.75, 3.05) is 13.2 Å². The lowest BCUT2D eigenvalue weighted by molar-refractivity contribution is -0.149. The minimum Gasteiger partial charge on any atom is -0.481 e. The largest absolute Gasteiger partial charge is 0.481 e. The summed E-state index contributed by atoms with van der Waals surface area (Å²) in [4.78, 5) is 34.4. The maximum absolute atomic E-state index is 11.9. The molecule has 0 radical (unpaired) electrons. The average molecular weight is 401 g/mol. The molecule has 164 valence electrons. The van der Waals surface area contributed by atoms with Crippen molar-refractivity contribution < 1.29 is 29.0 Å². The van der Waals surface area contributed by atoms with E-state index in [0.717, 1.165) is 44.9 Å². The molecule has 6 heteroatoms. The quantitative estimate of drug-likeness (QED) is 0.234. The molecular weight excluding hydrogens is 360 g/mol. The summed E-state index contributed by atoms with van der Waals surface area (Å²) in [7, 11) is 0. The van der Waals surface area contributed by atoms with Crippen molar-refractivity contribution in [1.82, 2.24) is 0 Å². The van der Waals surface area contributed by atoms with Crippen molar-refractivity contribution >= 4 is 17.9 Å². The van der Waals surface area contributed by atoms with Gasteiger partial charge in [0.05, 0.1) is 13.2 Å². The lowest BCUT2D eigenvalue weighted by Crippen LogP contribution is -2.21. The summed E-state index contributed by atoms with van der Waals surface area (Å²) in [5.41, 5.74) is 0. The van der Waals surface area contributed by atoms with Gasteiger partial charge in [-0.3, -0.25) is 14.4 Å². The molecule has 0 aliphatic rings. The Kier molecular flexibility index (Phi) is 17.7. The van der Waals surface area contributed by atoms with Crippen LogP contribution in [-0.2, 0) is 23.9 Å². The van der Waals surface area contributed by atoms with Crippen LogP contribution in [0.4, 0.5) is 0 Å². The van der Waals surface area contributed by atoms with E-state index >= 15 is 0 Å². The molecule has 0 spiro atoms. The van der Waals surface area contributed by atoms with Crippen LogP contribution in [0.3, 0.4) is 0 Å². The van der Waals surface area contributed by atoms with Gasteiger partial charge in [-0.05, 0) is 25.7 Å². The fourth-order valence-electron chi connectivity index (χ4n) is 2.89. The molecule has 0 rings (SSSR count). The van der Waals surface area contributed by atoms with Crippen LogP contribution in [0.5, 0.6) is 0 Å². The first kappa shape index (κ1) is 26.4. The third-order valence-electron chi connectivity index (χ3n) is 4.68. The number of carboxylic acid groups (broad SMARTS) is 1. The van der Waals surface area contributed by atoms with Gasteiger partial charge in [-0.25, -0.2) is 0 Å². The van der Waals surface area contributed by atoms with Crippen LogP contribution in [0, 0.1) is 5.92 Å². The Morgan fingerprint density at radius 1 is 0.679 bits per heavy atom. The van der Waals surface area contributed by atoms with E-state index in [2.05, 4.69) is 13.8 Å². The number of rotatable bonds is 19. The van der Waals surface area contributed by atoms with E-state index in [4.69, 9.17) is 14.6 Å². The third kappa shape index (κ3) is 17.8. The molecule has 0 amide bonds. The first-order valence-corrected chi connectivity index (χ1v) is 11.0. The summed E-state index contributed by atoms with van der Waals surface area (Å²) in [6, 6.07) is 0. The Hall–Kier alpha value is -1.59. The molecule has 0 saturated carbocycles. The van der Waals surface area contributed by atoms with E-state index in [9.17, 15) is 14.4 Å². The molecule has 0 aliphatic carbocycles. The van der Waals surface area contributed by atoms with Crippen molar-refractivity contribution in [3.63, 3.8) is 0 Å². The highest BCUT2D eigenvalue weighted by Gasteiger charge is 2.15. The SMILES string of the molecule is CCCCCCCC(=O)OCC(CCCC(=O)O)COC(=O)CCCCCC. The Balaban J connectivity index is 4.15. The van der Waals surface area contributed by atoms with E-state index in [-0.39, 0.29) is 37.5 Å². The molecular formula is C22H40O6. The van der Waals surface area contributed by atoms with Gasteiger partial charge in [-0.2, -0.15) is 0 Å². The number of esters is 2. The molecule has 1 unspecified atom stereocenters. The van der Waals surface area contributed by atoms with E-state index in [1.165, 1.54) is 12.8 Å². The van der Waals surface area contributed by atoms with E-state index in [1.807, 2.05) is 0 Å². The monoisotopic (exact) mass is 400 g/mol.